The third-order valence-corrected chi connectivity index (χ3v) is 3.27. The van der Waals surface area contributed by atoms with E-state index in [9.17, 15) is 4.79 Å². The summed E-state index contributed by atoms with van der Waals surface area (Å²) >= 11 is 0. The van der Waals surface area contributed by atoms with E-state index in [1.165, 1.54) is 0 Å². The largest absolute Gasteiger partial charge is 0.494 e. The lowest BCUT2D eigenvalue weighted by Crippen LogP contribution is -2.32. The van der Waals surface area contributed by atoms with Crippen molar-refractivity contribution in [3.8, 4) is 5.75 Å². The van der Waals surface area contributed by atoms with Gasteiger partial charge in [0.25, 0.3) is 0 Å². The SMILES string of the molecule is CCOc1cccc(C2CNCCC(=O)N2C)c1. The van der Waals surface area contributed by atoms with E-state index in [-0.39, 0.29) is 11.9 Å². The van der Waals surface area contributed by atoms with Crippen LogP contribution in [-0.4, -0.2) is 37.6 Å². The van der Waals surface area contributed by atoms with Gasteiger partial charge in [-0.25, -0.2) is 0 Å². The summed E-state index contributed by atoms with van der Waals surface area (Å²) in [5, 5.41) is 3.30. The number of amides is 1. The summed E-state index contributed by atoms with van der Waals surface area (Å²) in [6, 6.07) is 8.07. The van der Waals surface area contributed by atoms with E-state index < -0.39 is 0 Å². The molecule has 1 aliphatic heterocycles. The highest BCUT2D eigenvalue weighted by atomic mass is 16.5. The second kappa shape index (κ2) is 5.87. The molecule has 0 aromatic heterocycles. The van der Waals surface area contributed by atoms with Crippen molar-refractivity contribution in [1.82, 2.24) is 10.2 Å². The van der Waals surface area contributed by atoms with Gasteiger partial charge in [0.1, 0.15) is 5.75 Å². The Morgan fingerprint density at radius 3 is 3.11 bits per heavy atom. The Hall–Kier alpha value is -1.55. The molecule has 18 heavy (non-hydrogen) atoms. The summed E-state index contributed by atoms with van der Waals surface area (Å²) in [6.07, 6.45) is 0.568. The van der Waals surface area contributed by atoms with E-state index in [1.54, 1.807) is 0 Å². The number of hydrogen-bond acceptors (Lipinski definition) is 3. The molecule has 1 saturated heterocycles. The first-order chi connectivity index (χ1) is 8.72. The van der Waals surface area contributed by atoms with E-state index in [4.69, 9.17) is 4.74 Å². The quantitative estimate of drug-likeness (QED) is 0.883. The van der Waals surface area contributed by atoms with Crippen LogP contribution in [0.4, 0.5) is 0 Å². The molecule has 0 saturated carbocycles. The van der Waals surface area contributed by atoms with Gasteiger partial charge in [-0.05, 0) is 24.6 Å². The Kier molecular flexibility index (Phi) is 4.20. The number of carbonyl (C=O) groups is 1. The number of hydrogen-bond donors (Lipinski definition) is 1. The molecule has 1 heterocycles. The highest BCUT2D eigenvalue weighted by Gasteiger charge is 2.24. The molecule has 1 fully saturated rings. The number of benzene rings is 1. The molecule has 1 aromatic rings. The van der Waals surface area contributed by atoms with E-state index in [0.29, 0.717) is 13.0 Å². The van der Waals surface area contributed by atoms with E-state index in [0.717, 1.165) is 24.4 Å². The van der Waals surface area contributed by atoms with Crippen LogP contribution in [0.1, 0.15) is 24.9 Å². The van der Waals surface area contributed by atoms with E-state index in [2.05, 4.69) is 5.32 Å². The van der Waals surface area contributed by atoms with Crippen LogP contribution in [0.15, 0.2) is 24.3 Å². The lowest BCUT2D eigenvalue weighted by molar-refractivity contribution is -0.131. The van der Waals surface area contributed by atoms with Gasteiger partial charge in [0, 0.05) is 26.6 Å². The van der Waals surface area contributed by atoms with Gasteiger partial charge >= 0.3 is 0 Å². The lowest BCUT2D eigenvalue weighted by Gasteiger charge is -2.26. The summed E-state index contributed by atoms with van der Waals surface area (Å²) in [5.74, 6) is 1.05. The molecular formula is C14H20N2O2. The fourth-order valence-electron chi connectivity index (χ4n) is 2.24. The smallest absolute Gasteiger partial charge is 0.224 e. The zero-order valence-corrected chi connectivity index (χ0v) is 11.0. The fraction of sp³-hybridized carbons (Fsp3) is 0.500. The molecule has 0 bridgehead atoms. The van der Waals surface area contributed by atoms with Crippen LogP contribution in [-0.2, 0) is 4.79 Å². The normalized spacial score (nSPS) is 20.7. The van der Waals surface area contributed by atoms with Gasteiger partial charge in [-0.2, -0.15) is 0 Å². The van der Waals surface area contributed by atoms with Gasteiger partial charge < -0.3 is 15.0 Å². The standard InChI is InChI=1S/C14H20N2O2/c1-3-18-12-6-4-5-11(9-12)13-10-15-8-7-14(17)16(13)2/h4-6,9,13,15H,3,7-8,10H2,1-2H3. The lowest BCUT2D eigenvalue weighted by atomic mass is 10.1. The molecule has 1 unspecified atom stereocenters. The average Bonchev–Trinajstić information content (AvgIpc) is 2.54. The number of ether oxygens (including phenoxy) is 1. The molecule has 4 nitrogen and oxygen atoms in total. The third-order valence-electron chi connectivity index (χ3n) is 3.27. The molecule has 1 atom stereocenters. The van der Waals surface area contributed by atoms with Crippen molar-refractivity contribution in [2.24, 2.45) is 0 Å². The molecular weight excluding hydrogens is 228 g/mol. The summed E-state index contributed by atoms with van der Waals surface area (Å²) in [6.45, 7) is 4.17. The predicted molar refractivity (Wildman–Crippen MR) is 70.6 cm³/mol. The Bertz CT molecular complexity index is 420. The van der Waals surface area contributed by atoms with Gasteiger partial charge in [-0.15, -0.1) is 0 Å². The zero-order valence-electron chi connectivity index (χ0n) is 11.0. The summed E-state index contributed by atoms with van der Waals surface area (Å²) < 4.78 is 5.51. The fourth-order valence-corrected chi connectivity index (χ4v) is 2.24. The first-order valence-electron chi connectivity index (χ1n) is 6.41. The number of carbonyl (C=O) groups excluding carboxylic acids is 1. The number of rotatable bonds is 3. The number of likely N-dealkylation sites (N-methyl/N-ethyl adjacent to an activating group) is 1. The molecule has 0 radical (unpaired) electrons. The summed E-state index contributed by atoms with van der Waals surface area (Å²) in [7, 11) is 1.87. The van der Waals surface area contributed by atoms with Crippen molar-refractivity contribution in [3.63, 3.8) is 0 Å². The van der Waals surface area contributed by atoms with Gasteiger partial charge in [0.15, 0.2) is 0 Å². The average molecular weight is 248 g/mol. The molecule has 1 aliphatic rings. The van der Waals surface area contributed by atoms with Gasteiger partial charge in [-0.1, -0.05) is 12.1 Å². The van der Waals surface area contributed by atoms with Crippen LogP contribution in [0.5, 0.6) is 5.75 Å². The second-order valence-electron chi connectivity index (χ2n) is 4.48. The van der Waals surface area contributed by atoms with Crippen LogP contribution in [0.2, 0.25) is 0 Å². The maximum absolute atomic E-state index is 11.9. The number of nitrogens with zero attached hydrogens (tertiary/aromatic N) is 1. The highest BCUT2D eigenvalue weighted by molar-refractivity contribution is 5.77. The molecule has 1 aromatic carbocycles. The molecule has 1 N–H and O–H groups in total. The van der Waals surface area contributed by atoms with Gasteiger partial charge in [0.05, 0.1) is 12.6 Å². The minimum absolute atomic E-state index is 0.0837. The maximum Gasteiger partial charge on any atom is 0.224 e. The Balaban J connectivity index is 2.22. The summed E-state index contributed by atoms with van der Waals surface area (Å²) in [5.41, 5.74) is 1.12. The van der Waals surface area contributed by atoms with Crippen molar-refractivity contribution in [2.75, 3.05) is 26.7 Å². The zero-order chi connectivity index (χ0) is 13.0. The number of nitrogens with one attached hydrogen (secondary N) is 1. The molecule has 4 heteroatoms. The van der Waals surface area contributed by atoms with Crippen molar-refractivity contribution in [3.05, 3.63) is 29.8 Å². The van der Waals surface area contributed by atoms with E-state index >= 15 is 0 Å². The first-order valence-corrected chi connectivity index (χ1v) is 6.41. The van der Waals surface area contributed by atoms with Crippen molar-refractivity contribution < 1.29 is 9.53 Å². The second-order valence-corrected chi connectivity index (χ2v) is 4.48. The Labute approximate surface area is 108 Å². The van der Waals surface area contributed by atoms with Crippen LogP contribution >= 0.6 is 0 Å². The van der Waals surface area contributed by atoms with Crippen LogP contribution < -0.4 is 10.1 Å². The van der Waals surface area contributed by atoms with Crippen LogP contribution in [0.3, 0.4) is 0 Å². The Morgan fingerprint density at radius 1 is 1.50 bits per heavy atom. The summed E-state index contributed by atoms with van der Waals surface area (Å²) in [4.78, 5) is 13.7. The molecule has 0 spiro atoms. The molecule has 1 amide bonds. The third kappa shape index (κ3) is 2.82. The van der Waals surface area contributed by atoms with Crippen LogP contribution in [0, 0.1) is 0 Å². The topological polar surface area (TPSA) is 41.6 Å². The molecule has 0 aliphatic carbocycles. The van der Waals surface area contributed by atoms with E-state index in [1.807, 2.05) is 43.1 Å². The maximum atomic E-state index is 11.9. The van der Waals surface area contributed by atoms with Gasteiger partial charge in [0.2, 0.25) is 5.91 Å². The van der Waals surface area contributed by atoms with Crippen molar-refractivity contribution in [1.29, 1.82) is 0 Å². The first kappa shape index (κ1) is 12.9. The minimum atomic E-state index is 0.0837. The van der Waals surface area contributed by atoms with Crippen molar-refractivity contribution in [2.45, 2.75) is 19.4 Å². The molecule has 98 valence electrons. The van der Waals surface area contributed by atoms with Crippen LogP contribution in [0.25, 0.3) is 0 Å². The minimum Gasteiger partial charge on any atom is -0.494 e. The monoisotopic (exact) mass is 248 g/mol. The Morgan fingerprint density at radius 2 is 2.33 bits per heavy atom. The predicted octanol–water partition coefficient (Wildman–Crippen LogP) is 1.58. The highest BCUT2D eigenvalue weighted by Crippen LogP contribution is 2.24. The molecule has 2 rings (SSSR count). The van der Waals surface area contributed by atoms with Crippen molar-refractivity contribution >= 4 is 5.91 Å². The van der Waals surface area contributed by atoms with Gasteiger partial charge in [-0.3, -0.25) is 4.79 Å².